The fourth-order valence-electron chi connectivity index (χ4n) is 2.94. The summed E-state index contributed by atoms with van der Waals surface area (Å²) in [5.74, 6) is 1.45. The SMILES string of the molecule is O=C(Cc1ccc(NCc2ccncc2)cc1)NCc1ccc2c(c1)OCO2. The number of benzene rings is 2. The number of ether oxygens (including phenoxy) is 2. The first kappa shape index (κ1) is 17.9. The number of fused-ring (bicyclic) bond motifs is 1. The zero-order chi connectivity index (χ0) is 19.2. The molecule has 1 aromatic heterocycles. The quantitative estimate of drug-likeness (QED) is 0.663. The van der Waals surface area contributed by atoms with Gasteiger partial charge in [-0.05, 0) is 53.1 Å². The molecule has 2 heterocycles. The molecule has 1 aliphatic heterocycles. The number of nitrogens with zero attached hydrogens (tertiary/aromatic N) is 1. The Balaban J connectivity index is 1.25. The van der Waals surface area contributed by atoms with Crippen LogP contribution in [0.5, 0.6) is 11.5 Å². The molecule has 6 nitrogen and oxygen atoms in total. The van der Waals surface area contributed by atoms with E-state index in [1.54, 1.807) is 12.4 Å². The Bertz CT molecular complexity index is 943. The highest BCUT2D eigenvalue weighted by molar-refractivity contribution is 5.78. The van der Waals surface area contributed by atoms with Crippen molar-refractivity contribution in [3.05, 3.63) is 83.7 Å². The van der Waals surface area contributed by atoms with Crippen LogP contribution in [0.3, 0.4) is 0 Å². The molecule has 0 fully saturated rings. The third-order valence-corrected chi connectivity index (χ3v) is 4.49. The van der Waals surface area contributed by atoms with Gasteiger partial charge in [0.25, 0.3) is 0 Å². The van der Waals surface area contributed by atoms with Crippen molar-refractivity contribution in [1.29, 1.82) is 0 Å². The molecule has 0 spiro atoms. The zero-order valence-corrected chi connectivity index (χ0v) is 15.4. The maximum absolute atomic E-state index is 12.2. The Morgan fingerprint density at radius 2 is 1.61 bits per heavy atom. The maximum Gasteiger partial charge on any atom is 0.231 e. The predicted octanol–water partition coefficient (Wildman–Crippen LogP) is 3.28. The topological polar surface area (TPSA) is 72.5 Å². The zero-order valence-electron chi connectivity index (χ0n) is 15.4. The summed E-state index contributed by atoms with van der Waals surface area (Å²) in [7, 11) is 0. The lowest BCUT2D eigenvalue weighted by Crippen LogP contribution is -2.24. The lowest BCUT2D eigenvalue weighted by Gasteiger charge is -2.09. The first-order valence-electron chi connectivity index (χ1n) is 9.13. The second-order valence-corrected chi connectivity index (χ2v) is 6.55. The predicted molar refractivity (Wildman–Crippen MR) is 106 cm³/mol. The van der Waals surface area contributed by atoms with Gasteiger partial charge >= 0.3 is 0 Å². The Morgan fingerprint density at radius 3 is 2.43 bits per heavy atom. The molecule has 6 heteroatoms. The second kappa shape index (κ2) is 8.43. The third kappa shape index (κ3) is 4.59. The van der Waals surface area contributed by atoms with Gasteiger partial charge in [0.05, 0.1) is 6.42 Å². The summed E-state index contributed by atoms with van der Waals surface area (Å²) < 4.78 is 10.6. The van der Waals surface area contributed by atoms with Gasteiger partial charge in [0.15, 0.2) is 11.5 Å². The number of pyridine rings is 1. The van der Waals surface area contributed by atoms with E-state index in [4.69, 9.17) is 9.47 Å². The van der Waals surface area contributed by atoms with Crippen LogP contribution in [0.4, 0.5) is 5.69 Å². The molecular weight excluding hydrogens is 354 g/mol. The van der Waals surface area contributed by atoms with Gasteiger partial charge in [0.1, 0.15) is 0 Å². The molecule has 28 heavy (non-hydrogen) atoms. The standard InChI is InChI=1S/C22H21N3O3/c26-22(25-14-18-3-6-20-21(11-18)28-15-27-20)12-16-1-4-19(5-2-16)24-13-17-7-9-23-10-8-17/h1-11,24H,12-15H2,(H,25,26). The lowest BCUT2D eigenvalue weighted by atomic mass is 10.1. The van der Waals surface area contributed by atoms with Gasteiger partial charge in [-0.25, -0.2) is 0 Å². The monoisotopic (exact) mass is 375 g/mol. The van der Waals surface area contributed by atoms with Crippen molar-refractivity contribution in [1.82, 2.24) is 10.3 Å². The molecule has 0 saturated carbocycles. The minimum atomic E-state index is -0.0184. The molecule has 0 saturated heterocycles. The summed E-state index contributed by atoms with van der Waals surface area (Å²) in [4.78, 5) is 16.2. The first-order chi connectivity index (χ1) is 13.8. The van der Waals surface area contributed by atoms with Gasteiger partial charge in [-0.3, -0.25) is 9.78 Å². The molecule has 142 valence electrons. The molecule has 4 rings (SSSR count). The smallest absolute Gasteiger partial charge is 0.231 e. The van der Waals surface area contributed by atoms with Crippen LogP contribution < -0.4 is 20.1 Å². The number of carbonyl (C=O) groups is 1. The molecular formula is C22H21N3O3. The molecule has 2 N–H and O–H groups in total. The highest BCUT2D eigenvalue weighted by Gasteiger charge is 2.13. The van der Waals surface area contributed by atoms with Gasteiger partial charge in [-0.2, -0.15) is 0 Å². The molecule has 1 amide bonds. The molecule has 2 aromatic carbocycles. The summed E-state index contributed by atoms with van der Waals surface area (Å²) >= 11 is 0. The summed E-state index contributed by atoms with van der Waals surface area (Å²) in [5.41, 5.74) is 4.13. The van der Waals surface area contributed by atoms with E-state index in [1.807, 2.05) is 54.6 Å². The van der Waals surface area contributed by atoms with Crippen molar-refractivity contribution >= 4 is 11.6 Å². The minimum Gasteiger partial charge on any atom is -0.454 e. The van der Waals surface area contributed by atoms with Crippen LogP contribution in [0.1, 0.15) is 16.7 Å². The van der Waals surface area contributed by atoms with E-state index >= 15 is 0 Å². The van der Waals surface area contributed by atoms with Crippen molar-refractivity contribution in [2.75, 3.05) is 12.1 Å². The average molecular weight is 375 g/mol. The average Bonchev–Trinajstić information content (AvgIpc) is 3.20. The van der Waals surface area contributed by atoms with Crippen molar-refractivity contribution in [3.63, 3.8) is 0 Å². The first-order valence-corrected chi connectivity index (χ1v) is 9.13. The Hall–Kier alpha value is -3.54. The summed E-state index contributed by atoms with van der Waals surface area (Å²) in [6, 6.07) is 17.6. The van der Waals surface area contributed by atoms with E-state index in [1.165, 1.54) is 5.56 Å². The number of carbonyl (C=O) groups excluding carboxylic acids is 1. The van der Waals surface area contributed by atoms with Crippen molar-refractivity contribution in [3.8, 4) is 11.5 Å². The second-order valence-electron chi connectivity index (χ2n) is 6.55. The van der Waals surface area contributed by atoms with Crippen LogP contribution in [-0.2, 0) is 24.3 Å². The van der Waals surface area contributed by atoms with E-state index in [0.29, 0.717) is 13.0 Å². The Labute approximate surface area is 163 Å². The van der Waals surface area contributed by atoms with Gasteiger partial charge < -0.3 is 20.1 Å². The molecule has 0 atom stereocenters. The number of hydrogen-bond donors (Lipinski definition) is 2. The van der Waals surface area contributed by atoms with Crippen LogP contribution in [0, 0.1) is 0 Å². The molecule has 1 aliphatic rings. The number of rotatable bonds is 7. The highest BCUT2D eigenvalue weighted by atomic mass is 16.7. The summed E-state index contributed by atoms with van der Waals surface area (Å²) in [6.07, 6.45) is 3.90. The largest absolute Gasteiger partial charge is 0.454 e. The van der Waals surface area contributed by atoms with E-state index < -0.39 is 0 Å². The molecule has 0 aliphatic carbocycles. The van der Waals surface area contributed by atoms with Crippen LogP contribution >= 0.6 is 0 Å². The van der Waals surface area contributed by atoms with Crippen molar-refractivity contribution in [2.45, 2.75) is 19.5 Å². The van der Waals surface area contributed by atoms with E-state index in [-0.39, 0.29) is 12.7 Å². The molecule has 3 aromatic rings. The molecule has 0 radical (unpaired) electrons. The van der Waals surface area contributed by atoms with Gasteiger partial charge in [-0.15, -0.1) is 0 Å². The Kier molecular flexibility index (Phi) is 5.38. The van der Waals surface area contributed by atoms with Gasteiger partial charge in [0, 0.05) is 31.2 Å². The number of aromatic nitrogens is 1. The highest BCUT2D eigenvalue weighted by Crippen LogP contribution is 2.32. The lowest BCUT2D eigenvalue weighted by molar-refractivity contribution is -0.120. The molecule has 0 bridgehead atoms. The fourth-order valence-corrected chi connectivity index (χ4v) is 2.94. The van der Waals surface area contributed by atoms with Gasteiger partial charge in [-0.1, -0.05) is 18.2 Å². The van der Waals surface area contributed by atoms with E-state index in [9.17, 15) is 4.79 Å². The summed E-state index contributed by atoms with van der Waals surface area (Å²) in [5, 5.41) is 6.30. The van der Waals surface area contributed by atoms with Crippen LogP contribution in [-0.4, -0.2) is 17.7 Å². The number of nitrogens with one attached hydrogen (secondary N) is 2. The number of anilines is 1. The van der Waals surface area contributed by atoms with E-state index in [0.717, 1.165) is 34.9 Å². The number of hydrogen-bond acceptors (Lipinski definition) is 5. The normalized spacial score (nSPS) is 11.9. The van der Waals surface area contributed by atoms with Crippen molar-refractivity contribution in [2.24, 2.45) is 0 Å². The van der Waals surface area contributed by atoms with Crippen LogP contribution in [0.15, 0.2) is 67.0 Å². The van der Waals surface area contributed by atoms with Crippen molar-refractivity contribution < 1.29 is 14.3 Å². The van der Waals surface area contributed by atoms with Crippen LogP contribution in [0.25, 0.3) is 0 Å². The third-order valence-electron chi connectivity index (χ3n) is 4.49. The van der Waals surface area contributed by atoms with E-state index in [2.05, 4.69) is 15.6 Å². The van der Waals surface area contributed by atoms with Gasteiger partial charge in [0.2, 0.25) is 12.7 Å². The minimum absolute atomic E-state index is 0.0184. The van der Waals surface area contributed by atoms with Crippen LogP contribution in [0.2, 0.25) is 0 Å². The Morgan fingerprint density at radius 1 is 0.857 bits per heavy atom. The number of amides is 1. The summed E-state index contributed by atoms with van der Waals surface area (Å²) in [6.45, 7) is 1.44. The fraction of sp³-hybridized carbons (Fsp3) is 0.182. The maximum atomic E-state index is 12.2. The molecule has 0 unspecified atom stereocenters.